The van der Waals surface area contributed by atoms with Gasteiger partial charge in [-0.25, -0.2) is 4.79 Å². The van der Waals surface area contributed by atoms with E-state index in [1.165, 1.54) is 0 Å². The molecule has 1 aliphatic carbocycles. The highest BCUT2D eigenvalue weighted by atomic mass is 16.5. The van der Waals surface area contributed by atoms with Crippen LogP contribution < -0.4 is 14.8 Å². The third kappa shape index (κ3) is 5.79. The van der Waals surface area contributed by atoms with Gasteiger partial charge in [-0.15, -0.1) is 0 Å². The van der Waals surface area contributed by atoms with Gasteiger partial charge in [0.25, 0.3) is 0 Å². The predicted molar refractivity (Wildman–Crippen MR) is 150 cm³/mol. The maximum absolute atomic E-state index is 14.2. The number of ether oxygens (including phenoxy) is 2. The van der Waals surface area contributed by atoms with Crippen molar-refractivity contribution < 1.29 is 24.2 Å². The number of benzene rings is 2. The smallest absolute Gasteiger partial charge is 0.326 e. The van der Waals surface area contributed by atoms with Crippen LogP contribution in [0.4, 0.5) is 0 Å². The van der Waals surface area contributed by atoms with Crippen LogP contribution in [0.1, 0.15) is 76.5 Å². The first kappa shape index (κ1) is 27.5. The summed E-state index contributed by atoms with van der Waals surface area (Å²) in [7, 11) is 0. The molecule has 1 amide bonds. The fraction of sp³-hybridized carbons (Fsp3) is 0.562. The average Bonchev–Trinajstić information content (AvgIpc) is 3.12. The molecule has 5 rings (SSSR count). The second-order valence-electron chi connectivity index (χ2n) is 12.3. The van der Waals surface area contributed by atoms with E-state index < -0.39 is 12.0 Å². The van der Waals surface area contributed by atoms with Gasteiger partial charge in [-0.2, -0.15) is 0 Å². The van der Waals surface area contributed by atoms with Crippen LogP contribution in [0.25, 0.3) is 0 Å². The number of hydrogen-bond donors (Lipinski definition) is 2. The Hall–Kier alpha value is -3.06. The van der Waals surface area contributed by atoms with E-state index in [9.17, 15) is 14.7 Å². The largest absolute Gasteiger partial charge is 0.490 e. The molecule has 2 aliphatic heterocycles. The van der Waals surface area contributed by atoms with Gasteiger partial charge in [-0.3, -0.25) is 4.79 Å². The van der Waals surface area contributed by atoms with E-state index in [4.69, 9.17) is 9.47 Å². The number of nitrogens with zero attached hydrogens (tertiary/aromatic N) is 1. The van der Waals surface area contributed by atoms with Crippen molar-refractivity contribution in [2.24, 2.45) is 17.3 Å². The molecule has 2 heterocycles. The third-order valence-electron chi connectivity index (χ3n) is 8.62. The fourth-order valence-electron chi connectivity index (χ4n) is 6.84. The molecular formula is C32H42N2O5. The summed E-state index contributed by atoms with van der Waals surface area (Å²) < 4.78 is 11.7. The first-order chi connectivity index (χ1) is 18.8. The number of carboxylic acid groups (broad SMARTS) is 1. The maximum Gasteiger partial charge on any atom is 0.326 e. The first-order valence-electron chi connectivity index (χ1n) is 14.5. The minimum Gasteiger partial charge on any atom is -0.490 e. The lowest BCUT2D eigenvalue weighted by molar-refractivity contribution is -0.154. The Labute approximate surface area is 231 Å². The molecule has 2 aromatic carbocycles. The normalized spacial score (nSPS) is 25.8. The van der Waals surface area contributed by atoms with Gasteiger partial charge in [0.15, 0.2) is 11.5 Å². The summed E-state index contributed by atoms with van der Waals surface area (Å²) >= 11 is 0. The Morgan fingerprint density at radius 3 is 2.31 bits per heavy atom. The number of carbonyl (C=O) groups is 2. The van der Waals surface area contributed by atoms with Crippen LogP contribution in [0, 0.1) is 17.3 Å². The maximum atomic E-state index is 14.2. The summed E-state index contributed by atoms with van der Waals surface area (Å²) in [6, 6.07) is 14.4. The molecule has 7 heteroatoms. The number of likely N-dealkylation sites (tertiary alicyclic amines) is 1. The van der Waals surface area contributed by atoms with E-state index in [1.807, 2.05) is 48.5 Å². The van der Waals surface area contributed by atoms with Gasteiger partial charge < -0.3 is 24.8 Å². The molecule has 210 valence electrons. The van der Waals surface area contributed by atoms with E-state index in [1.54, 1.807) is 4.90 Å². The van der Waals surface area contributed by atoms with Crippen LogP contribution >= 0.6 is 0 Å². The van der Waals surface area contributed by atoms with Crippen molar-refractivity contribution in [1.29, 1.82) is 0 Å². The number of hydrogen-bond acceptors (Lipinski definition) is 5. The topological polar surface area (TPSA) is 88.1 Å². The zero-order chi connectivity index (χ0) is 27.6. The van der Waals surface area contributed by atoms with Crippen LogP contribution in [0.2, 0.25) is 0 Å². The standard InChI is InChI=1S/C32H42N2O5/c1-32(2,3)26-27(33-20-21-15-16-24-25(19-21)39-18-10-17-38-24)28(22-11-6-4-7-12-22)34(29(26)31(36)37)30(35)23-13-8-5-9-14-23/h4,6-7,11-12,15-16,19,23,26-29,33H,5,8-10,13-14,17-18,20H2,1-3H3,(H,36,37)/t26-,27-,28-,29-/m0/s1. The molecule has 7 nitrogen and oxygen atoms in total. The lowest BCUT2D eigenvalue weighted by Gasteiger charge is -2.36. The molecule has 3 aliphatic rings. The molecule has 4 atom stereocenters. The highest BCUT2D eigenvalue weighted by molar-refractivity contribution is 5.87. The second kappa shape index (κ2) is 11.6. The number of fused-ring (bicyclic) bond motifs is 1. The summed E-state index contributed by atoms with van der Waals surface area (Å²) in [5, 5.41) is 14.4. The van der Waals surface area contributed by atoms with Gasteiger partial charge >= 0.3 is 5.97 Å². The summed E-state index contributed by atoms with van der Waals surface area (Å²) in [5.74, 6) is 0.135. The summed E-state index contributed by atoms with van der Waals surface area (Å²) in [6.07, 6.45) is 5.69. The molecule has 0 radical (unpaired) electrons. The molecule has 39 heavy (non-hydrogen) atoms. The minimum absolute atomic E-state index is 0.00918. The molecule has 1 saturated carbocycles. The Bertz CT molecular complexity index is 1150. The average molecular weight is 535 g/mol. The van der Waals surface area contributed by atoms with E-state index in [-0.39, 0.29) is 35.2 Å². The molecular weight excluding hydrogens is 492 g/mol. The number of rotatable bonds is 6. The Kier molecular flexibility index (Phi) is 8.17. The highest BCUT2D eigenvalue weighted by Crippen LogP contribution is 2.49. The summed E-state index contributed by atoms with van der Waals surface area (Å²) in [6.45, 7) is 8.05. The molecule has 0 aromatic heterocycles. The van der Waals surface area contributed by atoms with Gasteiger partial charge in [-0.05, 0) is 41.5 Å². The van der Waals surface area contributed by atoms with Gasteiger partial charge in [0.05, 0.1) is 19.3 Å². The van der Waals surface area contributed by atoms with Gasteiger partial charge in [-0.1, -0.05) is 76.4 Å². The molecule has 2 fully saturated rings. The first-order valence-corrected chi connectivity index (χ1v) is 14.5. The Morgan fingerprint density at radius 1 is 0.949 bits per heavy atom. The second-order valence-corrected chi connectivity index (χ2v) is 12.3. The molecule has 2 N–H and O–H groups in total. The van der Waals surface area contributed by atoms with Gasteiger partial charge in [0.2, 0.25) is 5.91 Å². The van der Waals surface area contributed by atoms with Crippen LogP contribution in [0.3, 0.4) is 0 Å². The van der Waals surface area contributed by atoms with Gasteiger partial charge in [0.1, 0.15) is 6.04 Å². The predicted octanol–water partition coefficient (Wildman–Crippen LogP) is 5.59. The number of nitrogens with one attached hydrogen (secondary N) is 1. The molecule has 1 saturated heterocycles. The number of carboxylic acids is 1. The third-order valence-corrected chi connectivity index (χ3v) is 8.62. The number of carbonyl (C=O) groups excluding carboxylic acids is 1. The molecule has 0 unspecified atom stereocenters. The number of aliphatic carboxylic acids is 1. The monoisotopic (exact) mass is 534 g/mol. The van der Waals surface area contributed by atoms with Crippen molar-refractivity contribution in [2.45, 2.75) is 84.0 Å². The lowest BCUT2D eigenvalue weighted by Crippen LogP contribution is -2.49. The zero-order valence-electron chi connectivity index (χ0n) is 23.4. The van der Waals surface area contributed by atoms with Crippen molar-refractivity contribution in [3.63, 3.8) is 0 Å². The van der Waals surface area contributed by atoms with Crippen LogP contribution in [0.5, 0.6) is 11.5 Å². The zero-order valence-corrected chi connectivity index (χ0v) is 23.4. The van der Waals surface area contributed by atoms with Crippen molar-refractivity contribution in [3.8, 4) is 11.5 Å². The molecule has 0 spiro atoms. The van der Waals surface area contributed by atoms with Gasteiger partial charge in [0, 0.05) is 30.8 Å². The highest BCUT2D eigenvalue weighted by Gasteiger charge is 2.58. The quantitative estimate of drug-likeness (QED) is 0.503. The Morgan fingerprint density at radius 2 is 1.64 bits per heavy atom. The van der Waals surface area contributed by atoms with E-state index >= 15 is 0 Å². The lowest BCUT2D eigenvalue weighted by atomic mass is 9.72. The summed E-state index contributed by atoms with van der Waals surface area (Å²) in [5.41, 5.74) is 1.64. The van der Waals surface area contributed by atoms with Crippen LogP contribution in [-0.4, -0.2) is 47.2 Å². The molecule has 2 aromatic rings. The van der Waals surface area contributed by atoms with Crippen molar-refractivity contribution in [1.82, 2.24) is 10.2 Å². The SMILES string of the molecule is CC(C)(C)[C@H]1[C@H](NCc2ccc3c(c2)OCCCO3)[C@H](c2ccccc2)N(C(=O)C2CCCCC2)[C@@H]1C(=O)O. The fourth-order valence-corrected chi connectivity index (χ4v) is 6.84. The van der Waals surface area contributed by atoms with Crippen molar-refractivity contribution in [2.75, 3.05) is 13.2 Å². The van der Waals surface area contributed by atoms with Crippen molar-refractivity contribution in [3.05, 3.63) is 59.7 Å². The van der Waals surface area contributed by atoms with Crippen molar-refractivity contribution >= 4 is 11.9 Å². The van der Waals surface area contributed by atoms with Crippen LogP contribution in [-0.2, 0) is 16.1 Å². The van der Waals surface area contributed by atoms with Crippen LogP contribution in [0.15, 0.2) is 48.5 Å². The minimum atomic E-state index is -0.931. The Balaban J connectivity index is 1.53. The van der Waals surface area contributed by atoms with E-state index in [0.29, 0.717) is 19.8 Å². The number of amides is 1. The van der Waals surface area contributed by atoms with E-state index in [2.05, 4.69) is 26.1 Å². The summed E-state index contributed by atoms with van der Waals surface area (Å²) in [4.78, 5) is 28.9. The molecule has 0 bridgehead atoms. The van der Waals surface area contributed by atoms with E-state index in [0.717, 1.165) is 61.2 Å².